The van der Waals surface area contributed by atoms with Crippen LogP contribution < -0.4 is 10.1 Å². The van der Waals surface area contributed by atoms with Gasteiger partial charge in [0.15, 0.2) is 24.0 Å². The Balaban J connectivity index is 1.16. The van der Waals surface area contributed by atoms with Gasteiger partial charge >= 0.3 is 0 Å². The van der Waals surface area contributed by atoms with E-state index in [1.54, 1.807) is 0 Å². The van der Waals surface area contributed by atoms with Crippen LogP contribution >= 0.6 is 0 Å². The van der Waals surface area contributed by atoms with Crippen LogP contribution in [0.2, 0.25) is 0 Å². The van der Waals surface area contributed by atoms with E-state index >= 15 is 0 Å². The number of carbonyl (C=O) groups excluding carboxylic acids is 1. The van der Waals surface area contributed by atoms with Gasteiger partial charge in [-0.2, -0.15) is 0 Å². The topological polar surface area (TPSA) is 84.5 Å². The van der Waals surface area contributed by atoms with Crippen LogP contribution in [-0.2, 0) is 28.5 Å². The summed E-state index contributed by atoms with van der Waals surface area (Å²) in [5, 5.41) is 3.02. The fourth-order valence-electron chi connectivity index (χ4n) is 6.56. The SMILES string of the molecule is CCCCCOc1ccc(NC(=O)[C@@H]2O[C@H]3OC4(CCCCC4)O[C@@H]3[C@H]3OC4(CCCCC4)O[C@@H]32)cc1. The van der Waals surface area contributed by atoms with Crippen LogP contribution in [0.5, 0.6) is 5.75 Å². The molecule has 3 saturated heterocycles. The molecular weight excluding hydrogens is 474 g/mol. The van der Waals surface area contributed by atoms with Crippen LogP contribution in [0.3, 0.4) is 0 Å². The van der Waals surface area contributed by atoms with Gasteiger partial charge in [-0.15, -0.1) is 0 Å². The van der Waals surface area contributed by atoms with Crippen LogP contribution in [-0.4, -0.2) is 54.8 Å². The van der Waals surface area contributed by atoms with E-state index in [2.05, 4.69) is 12.2 Å². The second-order valence-electron chi connectivity index (χ2n) is 11.3. The first-order valence-corrected chi connectivity index (χ1v) is 14.5. The third-order valence-corrected chi connectivity index (χ3v) is 8.51. The van der Waals surface area contributed by atoms with E-state index < -0.39 is 42.3 Å². The fraction of sp³-hybridized carbons (Fsp3) is 0.759. The predicted octanol–water partition coefficient (Wildman–Crippen LogP) is 5.44. The first kappa shape index (κ1) is 25.6. The molecule has 0 aromatic heterocycles. The number of hydrogen-bond acceptors (Lipinski definition) is 7. The lowest BCUT2D eigenvalue weighted by molar-refractivity contribution is -0.246. The zero-order valence-electron chi connectivity index (χ0n) is 22.0. The van der Waals surface area contributed by atoms with Gasteiger partial charge in [0.05, 0.1) is 6.61 Å². The minimum atomic E-state index is -0.847. The molecule has 3 heterocycles. The standard InChI is InChI=1S/C29H41NO7/c1-2-3-10-19-32-21-13-11-20(12-14-21)30-26(31)24-22-23(35-28(34-22)15-6-4-7-16-28)25-27(33-24)37-29(36-25)17-8-5-9-18-29/h11-14,22-25,27H,2-10,15-19H2,1H3,(H,30,31)/t22-,23-,24+,25+,27-/m0/s1. The zero-order chi connectivity index (χ0) is 25.3. The van der Waals surface area contributed by atoms with Gasteiger partial charge in [-0.25, -0.2) is 0 Å². The Kier molecular flexibility index (Phi) is 7.47. The summed E-state index contributed by atoms with van der Waals surface area (Å²) >= 11 is 0. The molecule has 5 fully saturated rings. The number of ether oxygens (including phenoxy) is 6. The maximum Gasteiger partial charge on any atom is 0.256 e. The van der Waals surface area contributed by atoms with Crippen molar-refractivity contribution in [2.75, 3.05) is 11.9 Å². The van der Waals surface area contributed by atoms with Gasteiger partial charge in [-0.3, -0.25) is 4.79 Å². The molecule has 0 radical (unpaired) electrons. The number of hydrogen-bond donors (Lipinski definition) is 1. The largest absolute Gasteiger partial charge is 0.494 e. The lowest BCUT2D eigenvalue weighted by atomic mass is 9.94. The lowest BCUT2D eigenvalue weighted by Gasteiger charge is -2.36. The highest BCUT2D eigenvalue weighted by Gasteiger charge is 2.65. The Morgan fingerprint density at radius 1 is 0.838 bits per heavy atom. The summed E-state index contributed by atoms with van der Waals surface area (Å²) in [4.78, 5) is 13.6. The van der Waals surface area contributed by atoms with Gasteiger partial charge in [0.2, 0.25) is 0 Å². The Hall–Kier alpha value is -1.71. The number of carbonyl (C=O) groups is 1. The first-order valence-electron chi connectivity index (χ1n) is 14.5. The maximum absolute atomic E-state index is 13.6. The third kappa shape index (κ3) is 5.28. The first-order chi connectivity index (χ1) is 18.1. The van der Waals surface area contributed by atoms with Gasteiger partial charge < -0.3 is 33.7 Å². The second-order valence-corrected chi connectivity index (χ2v) is 11.3. The molecule has 2 saturated carbocycles. The average Bonchev–Trinajstić information content (AvgIpc) is 3.45. The molecule has 8 nitrogen and oxygen atoms in total. The molecule has 6 rings (SSSR count). The molecule has 5 atom stereocenters. The molecule has 204 valence electrons. The van der Waals surface area contributed by atoms with Crippen molar-refractivity contribution < 1.29 is 33.2 Å². The van der Waals surface area contributed by atoms with Crippen molar-refractivity contribution in [1.29, 1.82) is 0 Å². The molecule has 1 aromatic carbocycles. The highest BCUT2D eigenvalue weighted by Crippen LogP contribution is 2.51. The number of anilines is 1. The molecular formula is C29H41NO7. The van der Waals surface area contributed by atoms with Crippen LogP contribution in [0.25, 0.3) is 0 Å². The normalized spacial score (nSPS) is 33.7. The summed E-state index contributed by atoms with van der Waals surface area (Å²) in [5.41, 5.74) is 0.687. The molecule has 5 aliphatic rings. The maximum atomic E-state index is 13.6. The molecule has 37 heavy (non-hydrogen) atoms. The molecule has 0 bridgehead atoms. The predicted molar refractivity (Wildman–Crippen MR) is 136 cm³/mol. The molecule has 1 aromatic rings. The number of rotatable bonds is 7. The van der Waals surface area contributed by atoms with E-state index in [-0.39, 0.29) is 5.91 Å². The smallest absolute Gasteiger partial charge is 0.256 e. The number of amides is 1. The Morgan fingerprint density at radius 3 is 2.14 bits per heavy atom. The fourth-order valence-corrected chi connectivity index (χ4v) is 6.56. The van der Waals surface area contributed by atoms with E-state index in [0.717, 1.165) is 76.4 Å². The number of unbranched alkanes of at least 4 members (excludes halogenated alkanes) is 2. The van der Waals surface area contributed by atoms with E-state index in [1.807, 2.05) is 24.3 Å². The third-order valence-electron chi connectivity index (χ3n) is 8.51. The minimum absolute atomic E-state index is 0.255. The van der Waals surface area contributed by atoms with Crippen LogP contribution in [0, 0.1) is 0 Å². The summed E-state index contributed by atoms with van der Waals surface area (Å²) in [6.07, 6.45) is 10.5. The Labute approximate surface area is 219 Å². The average molecular weight is 516 g/mol. The van der Waals surface area contributed by atoms with Gasteiger partial charge in [0.1, 0.15) is 24.1 Å². The van der Waals surface area contributed by atoms with Crippen molar-refractivity contribution >= 4 is 11.6 Å². The number of nitrogens with one attached hydrogen (secondary N) is 1. The van der Waals surface area contributed by atoms with E-state index in [4.69, 9.17) is 28.4 Å². The van der Waals surface area contributed by atoms with E-state index in [1.165, 1.54) is 12.8 Å². The minimum Gasteiger partial charge on any atom is -0.494 e. The van der Waals surface area contributed by atoms with Gasteiger partial charge in [0, 0.05) is 31.4 Å². The Morgan fingerprint density at radius 2 is 1.46 bits per heavy atom. The summed E-state index contributed by atoms with van der Waals surface area (Å²) < 4.78 is 38.3. The highest BCUT2D eigenvalue weighted by atomic mass is 16.9. The molecule has 2 spiro atoms. The summed E-state index contributed by atoms with van der Waals surface area (Å²) in [6.45, 7) is 2.87. The number of fused-ring (bicyclic) bond motifs is 3. The molecule has 0 unspecified atom stereocenters. The van der Waals surface area contributed by atoms with Crippen molar-refractivity contribution in [2.24, 2.45) is 0 Å². The van der Waals surface area contributed by atoms with Crippen LogP contribution in [0.1, 0.15) is 90.4 Å². The summed E-state index contributed by atoms with van der Waals surface area (Å²) in [6, 6.07) is 7.48. The van der Waals surface area contributed by atoms with Crippen LogP contribution in [0.4, 0.5) is 5.69 Å². The molecule has 3 aliphatic heterocycles. The van der Waals surface area contributed by atoms with Gasteiger partial charge in [-0.05, 0) is 56.4 Å². The zero-order valence-corrected chi connectivity index (χ0v) is 22.0. The Bertz CT molecular complexity index is 925. The molecule has 1 amide bonds. The van der Waals surface area contributed by atoms with Crippen molar-refractivity contribution in [2.45, 2.75) is 133 Å². The molecule has 8 heteroatoms. The van der Waals surface area contributed by atoms with E-state index in [9.17, 15) is 4.79 Å². The molecule has 1 N–H and O–H groups in total. The van der Waals surface area contributed by atoms with Crippen molar-refractivity contribution in [3.63, 3.8) is 0 Å². The monoisotopic (exact) mass is 515 g/mol. The van der Waals surface area contributed by atoms with Crippen molar-refractivity contribution in [3.05, 3.63) is 24.3 Å². The molecule has 2 aliphatic carbocycles. The van der Waals surface area contributed by atoms with Gasteiger partial charge in [-0.1, -0.05) is 32.6 Å². The quantitative estimate of drug-likeness (QED) is 0.484. The van der Waals surface area contributed by atoms with Gasteiger partial charge in [0.25, 0.3) is 5.91 Å². The summed E-state index contributed by atoms with van der Waals surface area (Å²) in [5.74, 6) is -0.753. The summed E-state index contributed by atoms with van der Waals surface area (Å²) in [7, 11) is 0. The highest BCUT2D eigenvalue weighted by molar-refractivity contribution is 5.94. The van der Waals surface area contributed by atoms with Crippen molar-refractivity contribution in [3.8, 4) is 5.75 Å². The lowest BCUT2D eigenvalue weighted by Crippen LogP contribution is -2.58. The number of benzene rings is 1. The second kappa shape index (κ2) is 10.8. The van der Waals surface area contributed by atoms with Crippen LogP contribution in [0.15, 0.2) is 24.3 Å². The van der Waals surface area contributed by atoms with E-state index in [0.29, 0.717) is 12.3 Å². The van der Waals surface area contributed by atoms with Crippen molar-refractivity contribution in [1.82, 2.24) is 0 Å².